The number of fused-ring (bicyclic) bond motifs is 3. The first kappa shape index (κ1) is 24.2. The van der Waals surface area contributed by atoms with Crippen LogP contribution in [0.3, 0.4) is 0 Å². The lowest BCUT2D eigenvalue weighted by Gasteiger charge is -2.33. The summed E-state index contributed by atoms with van der Waals surface area (Å²) in [7, 11) is 3.35. The number of aromatic nitrogens is 5. The van der Waals surface area contributed by atoms with Crippen molar-refractivity contribution in [3.63, 3.8) is 0 Å². The van der Waals surface area contributed by atoms with Gasteiger partial charge < -0.3 is 18.8 Å². The smallest absolute Gasteiger partial charge is 0.261 e. The van der Waals surface area contributed by atoms with Crippen molar-refractivity contribution < 1.29 is 18.7 Å². The van der Waals surface area contributed by atoms with Crippen molar-refractivity contribution in [1.29, 1.82) is 0 Å². The molecule has 194 valence electrons. The van der Waals surface area contributed by atoms with E-state index in [0.717, 1.165) is 35.8 Å². The fourth-order valence-corrected chi connectivity index (χ4v) is 5.76. The predicted octanol–water partition coefficient (Wildman–Crippen LogP) is 4.89. The zero-order chi connectivity index (χ0) is 26.2. The minimum Gasteiger partial charge on any atom is -0.478 e. The predicted molar refractivity (Wildman–Crippen MR) is 142 cm³/mol. The summed E-state index contributed by atoms with van der Waals surface area (Å²) >= 11 is 0. The van der Waals surface area contributed by atoms with Crippen LogP contribution in [0.15, 0.2) is 54.7 Å². The lowest BCUT2D eigenvalue weighted by molar-refractivity contribution is -0.107. The molecular weight excluding hydrogens is 485 g/mol. The second-order valence-corrected chi connectivity index (χ2v) is 9.64. The molecule has 0 bridgehead atoms. The van der Waals surface area contributed by atoms with Crippen molar-refractivity contribution in [2.45, 2.75) is 25.3 Å². The van der Waals surface area contributed by atoms with E-state index in [1.165, 1.54) is 0 Å². The molecule has 8 nitrogen and oxygen atoms in total. The van der Waals surface area contributed by atoms with Crippen LogP contribution in [0.4, 0.5) is 4.39 Å². The highest BCUT2D eigenvalue weighted by molar-refractivity contribution is 6.07. The maximum atomic E-state index is 16.3. The fourth-order valence-electron chi connectivity index (χ4n) is 5.76. The molecule has 38 heavy (non-hydrogen) atoms. The van der Waals surface area contributed by atoms with E-state index < -0.39 is 0 Å². The van der Waals surface area contributed by atoms with Gasteiger partial charge in [0.25, 0.3) is 5.88 Å². The highest BCUT2D eigenvalue weighted by Crippen LogP contribution is 2.42. The molecule has 0 spiro atoms. The molecule has 1 saturated heterocycles. The summed E-state index contributed by atoms with van der Waals surface area (Å²) in [6, 6.07) is 15.6. The van der Waals surface area contributed by atoms with Gasteiger partial charge in [-0.3, -0.25) is 4.98 Å². The summed E-state index contributed by atoms with van der Waals surface area (Å²) in [6.45, 7) is 1.32. The molecule has 4 heterocycles. The number of methoxy groups -OCH3 is 1. The molecule has 5 aromatic rings. The number of rotatable bonds is 7. The number of nitrogens with zero attached hydrogens (tertiary/aromatic N) is 5. The normalized spacial score (nSPS) is 15.2. The fraction of sp³-hybridized carbons (Fsp3) is 0.310. The number of carbonyl (C=O) groups is 1. The molecule has 6 rings (SSSR count). The summed E-state index contributed by atoms with van der Waals surface area (Å²) in [5, 5.41) is 8.93. The van der Waals surface area contributed by atoms with E-state index >= 15 is 4.39 Å². The molecule has 1 atom stereocenters. The van der Waals surface area contributed by atoms with Gasteiger partial charge in [-0.2, -0.15) is 0 Å². The Balaban J connectivity index is 1.70. The molecule has 0 aliphatic carbocycles. The van der Waals surface area contributed by atoms with Crippen LogP contribution in [0, 0.1) is 11.7 Å². The standard InChI is InChI=1S/C29H28FN5O3/c1-34-27(29(37-2)32-33-34)21-16-23-25(31-17-21)22-9-8-18(10-13-36)24(30)28(22)35(23)26(19-6-4-3-5-7-19)20-11-14-38-15-12-20/h3-9,13,16-17,20,26H,10-12,14-15H2,1-2H3. The number of hydrogen-bond donors (Lipinski definition) is 0. The Hall–Kier alpha value is -4.11. The van der Waals surface area contributed by atoms with Gasteiger partial charge in [-0.1, -0.05) is 52.8 Å². The van der Waals surface area contributed by atoms with Gasteiger partial charge in [0.2, 0.25) is 0 Å². The van der Waals surface area contributed by atoms with Crippen molar-refractivity contribution in [3.05, 3.63) is 71.7 Å². The van der Waals surface area contributed by atoms with Crippen molar-refractivity contribution in [2.75, 3.05) is 20.3 Å². The van der Waals surface area contributed by atoms with E-state index in [2.05, 4.69) is 27.0 Å². The van der Waals surface area contributed by atoms with Gasteiger partial charge in [-0.25, -0.2) is 9.07 Å². The number of aryl methyl sites for hydroxylation is 1. The summed E-state index contributed by atoms with van der Waals surface area (Å²) in [5.41, 5.74) is 4.85. The summed E-state index contributed by atoms with van der Waals surface area (Å²) in [4.78, 5) is 16.2. The van der Waals surface area contributed by atoms with Crippen LogP contribution < -0.4 is 4.74 Å². The molecule has 1 aliphatic heterocycles. The quantitative estimate of drug-likeness (QED) is 0.288. The van der Waals surface area contributed by atoms with E-state index in [4.69, 9.17) is 14.5 Å². The van der Waals surface area contributed by atoms with Crippen LogP contribution in [0.1, 0.15) is 30.0 Å². The first-order chi connectivity index (χ1) is 18.6. The molecule has 1 unspecified atom stereocenters. The van der Waals surface area contributed by atoms with E-state index in [1.54, 1.807) is 31.1 Å². The second kappa shape index (κ2) is 9.98. The molecule has 3 aromatic heterocycles. The second-order valence-electron chi connectivity index (χ2n) is 9.64. The number of aldehydes is 1. The molecule has 1 aliphatic rings. The molecular formula is C29H28FN5O3. The largest absolute Gasteiger partial charge is 0.478 e. The van der Waals surface area contributed by atoms with Crippen molar-refractivity contribution in [2.24, 2.45) is 13.0 Å². The van der Waals surface area contributed by atoms with Gasteiger partial charge in [0.05, 0.1) is 29.7 Å². The SMILES string of the molecule is COc1nnn(C)c1-c1cnc2c3ccc(CC=O)c(F)c3n(C(c3ccccc3)C3CCOCC3)c2c1. The van der Waals surface area contributed by atoms with E-state index in [1.807, 2.05) is 30.3 Å². The maximum Gasteiger partial charge on any atom is 0.261 e. The Kier molecular flexibility index (Phi) is 6.37. The number of carbonyl (C=O) groups excluding carboxylic acids is 1. The van der Waals surface area contributed by atoms with E-state index in [0.29, 0.717) is 46.8 Å². The van der Waals surface area contributed by atoms with Gasteiger partial charge in [0.15, 0.2) is 5.82 Å². The van der Waals surface area contributed by atoms with Crippen LogP contribution in [-0.4, -0.2) is 51.2 Å². The van der Waals surface area contributed by atoms with Crippen molar-refractivity contribution in [3.8, 4) is 17.1 Å². The van der Waals surface area contributed by atoms with Gasteiger partial charge >= 0.3 is 0 Å². The molecule has 0 radical (unpaired) electrons. The van der Waals surface area contributed by atoms with Crippen LogP contribution in [0.2, 0.25) is 0 Å². The first-order valence-electron chi connectivity index (χ1n) is 12.7. The minimum atomic E-state index is -0.387. The number of hydrogen-bond acceptors (Lipinski definition) is 6. The lowest BCUT2D eigenvalue weighted by atomic mass is 9.86. The molecule has 0 saturated carbocycles. The minimum absolute atomic E-state index is 0.00708. The van der Waals surface area contributed by atoms with Crippen molar-refractivity contribution >= 4 is 28.2 Å². The highest BCUT2D eigenvalue weighted by Gasteiger charge is 2.32. The van der Waals surface area contributed by atoms with Crippen LogP contribution >= 0.6 is 0 Å². The Morgan fingerprint density at radius 3 is 2.71 bits per heavy atom. The summed E-state index contributed by atoms with van der Waals surface area (Å²) < 4.78 is 31.2. The third-order valence-electron chi connectivity index (χ3n) is 7.52. The summed E-state index contributed by atoms with van der Waals surface area (Å²) in [6.07, 6.45) is 4.19. The van der Waals surface area contributed by atoms with Gasteiger partial charge in [-0.05, 0) is 36.0 Å². The number of benzene rings is 2. The molecule has 0 N–H and O–H groups in total. The number of halogens is 1. The average Bonchev–Trinajstić information content (AvgIpc) is 3.49. The van der Waals surface area contributed by atoms with Crippen LogP contribution in [0.5, 0.6) is 5.88 Å². The lowest BCUT2D eigenvalue weighted by Crippen LogP contribution is -2.27. The Morgan fingerprint density at radius 1 is 1.18 bits per heavy atom. The van der Waals surface area contributed by atoms with Crippen LogP contribution in [-0.2, 0) is 23.0 Å². The number of ether oxygens (including phenoxy) is 2. The Labute approximate surface area is 219 Å². The zero-order valence-electron chi connectivity index (χ0n) is 21.3. The highest BCUT2D eigenvalue weighted by atomic mass is 19.1. The van der Waals surface area contributed by atoms with Crippen LogP contribution in [0.25, 0.3) is 33.2 Å². The third kappa shape index (κ3) is 3.94. The summed E-state index contributed by atoms with van der Waals surface area (Å²) in [5.74, 6) is 0.220. The third-order valence-corrected chi connectivity index (χ3v) is 7.52. The average molecular weight is 514 g/mol. The Bertz CT molecular complexity index is 1620. The zero-order valence-corrected chi connectivity index (χ0v) is 21.3. The molecule has 2 aromatic carbocycles. The molecule has 9 heteroatoms. The van der Waals surface area contributed by atoms with E-state index in [9.17, 15) is 4.79 Å². The Morgan fingerprint density at radius 2 is 1.97 bits per heavy atom. The molecule has 1 fully saturated rings. The van der Waals surface area contributed by atoms with Gasteiger partial charge in [-0.15, -0.1) is 0 Å². The monoisotopic (exact) mass is 513 g/mol. The molecule has 0 amide bonds. The number of pyridine rings is 1. The van der Waals surface area contributed by atoms with Crippen molar-refractivity contribution in [1.82, 2.24) is 24.5 Å². The van der Waals surface area contributed by atoms with Gasteiger partial charge in [0, 0.05) is 43.8 Å². The topological polar surface area (TPSA) is 84.1 Å². The maximum absolute atomic E-state index is 16.3. The first-order valence-corrected chi connectivity index (χ1v) is 12.7. The van der Waals surface area contributed by atoms with Gasteiger partial charge in [0.1, 0.15) is 12.0 Å². The van der Waals surface area contributed by atoms with E-state index in [-0.39, 0.29) is 24.2 Å².